The molecule has 3 rings (SSSR count). The van der Waals surface area contributed by atoms with Crippen molar-refractivity contribution in [3.8, 4) is 0 Å². The molecular formula is C19H19ClN2O5S. The highest BCUT2D eigenvalue weighted by atomic mass is 35.5. The van der Waals surface area contributed by atoms with Gasteiger partial charge in [-0.25, -0.2) is 13.2 Å². The van der Waals surface area contributed by atoms with Gasteiger partial charge in [0.2, 0.25) is 10.0 Å². The summed E-state index contributed by atoms with van der Waals surface area (Å²) in [6.45, 7) is 0.923. The van der Waals surface area contributed by atoms with Crippen LogP contribution in [-0.2, 0) is 10.0 Å². The van der Waals surface area contributed by atoms with Crippen LogP contribution < -0.4 is 5.32 Å². The lowest BCUT2D eigenvalue weighted by Crippen LogP contribution is -2.35. The van der Waals surface area contributed by atoms with Crippen molar-refractivity contribution in [1.82, 2.24) is 4.31 Å². The fraction of sp³-hybridized carbons (Fsp3) is 0.263. The zero-order chi connectivity index (χ0) is 20.3. The van der Waals surface area contributed by atoms with Crippen molar-refractivity contribution in [3.05, 3.63) is 58.6 Å². The molecule has 1 saturated heterocycles. The molecule has 1 aliphatic heterocycles. The maximum atomic E-state index is 12.8. The number of anilines is 1. The first kappa shape index (κ1) is 20.3. The van der Waals surface area contributed by atoms with Crippen LogP contribution in [0.3, 0.4) is 0 Å². The lowest BCUT2D eigenvalue weighted by atomic mass is 10.1. The number of hydrogen-bond donors (Lipinski definition) is 2. The molecule has 0 spiro atoms. The Morgan fingerprint density at radius 2 is 1.75 bits per heavy atom. The van der Waals surface area contributed by atoms with Gasteiger partial charge in [0.05, 0.1) is 16.1 Å². The Balaban J connectivity index is 1.87. The Labute approximate surface area is 168 Å². The molecule has 2 aromatic carbocycles. The third kappa shape index (κ3) is 4.35. The summed E-state index contributed by atoms with van der Waals surface area (Å²) in [4.78, 5) is 24.0. The number of aromatic carboxylic acids is 1. The van der Waals surface area contributed by atoms with E-state index in [0.29, 0.717) is 13.1 Å². The van der Waals surface area contributed by atoms with E-state index in [4.69, 9.17) is 11.6 Å². The van der Waals surface area contributed by atoms with Crippen molar-refractivity contribution >= 4 is 39.2 Å². The third-order valence-corrected chi connectivity index (χ3v) is 6.64. The van der Waals surface area contributed by atoms with Gasteiger partial charge in [0, 0.05) is 23.7 Å². The molecule has 2 N–H and O–H groups in total. The highest BCUT2D eigenvalue weighted by Gasteiger charge is 2.26. The van der Waals surface area contributed by atoms with E-state index in [1.54, 1.807) is 0 Å². The van der Waals surface area contributed by atoms with Crippen molar-refractivity contribution in [1.29, 1.82) is 0 Å². The summed E-state index contributed by atoms with van der Waals surface area (Å²) in [5.74, 6) is -1.84. The molecule has 0 aliphatic carbocycles. The number of sulfonamides is 1. The molecule has 0 radical (unpaired) electrons. The molecular weight excluding hydrogens is 404 g/mol. The number of carbonyl (C=O) groups excluding carboxylic acids is 1. The minimum Gasteiger partial charge on any atom is -0.478 e. The van der Waals surface area contributed by atoms with Gasteiger partial charge in [0.1, 0.15) is 0 Å². The molecule has 0 bridgehead atoms. The number of amides is 1. The number of nitrogens with zero attached hydrogens (tertiary/aromatic N) is 1. The Kier molecular flexibility index (Phi) is 6.02. The Bertz CT molecular complexity index is 1020. The first-order valence-corrected chi connectivity index (χ1v) is 10.6. The second-order valence-corrected chi connectivity index (χ2v) is 8.82. The van der Waals surface area contributed by atoms with Gasteiger partial charge in [-0.1, -0.05) is 24.1 Å². The molecule has 1 amide bonds. The van der Waals surface area contributed by atoms with E-state index < -0.39 is 21.9 Å². The van der Waals surface area contributed by atoms with E-state index in [2.05, 4.69) is 5.32 Å². The lowest BCUT2D eigenvalue weighted by molar-refractivity contribution is 0.0698. The number of halogens is 1. The summed E-state index contributed by atoms with van der Waals surface area (Å²) in [6.07, 6.45) is 2.62. The van der Waals surface area contributed by atoms with Crippen molar-refractivity contribution in [3.63, 3.8) is 0 Å². The number of nitrogens with one attached hydrogen (secondary N) is 1. The summed E-state index contributed by atoms with van der Waals surface area (Å²) in [6, 6.07) is 9.73. The van der Waals surface area contributed by atoms with Gasteiger partial charge in [-0.2, -0.15) is 4.31 Å². The van der Waals surface area contributed by atoms with Gasteiger partial charge < -0.3 is 10.4 Å². The minimum atomic E-state index is -3.68. The number of rotatable bonds is 5. The summed E-state index contributed by atoms with van der Waals surface area (Å²) in [5.41, 5.74) is 0.0264. The Hall–Kier alpha value is -2.42. The number of carboxylic acid groups (broad SMARTS) is 1. The highest BCUT2D eigenvalue weighted by molar-refractivity contribution is 7.89. The molecule has 28 heavy (non-hydrogen) atoms. The molecule has 148 valence electrons. The molecule has 1 aliphatic rings. The fourth-order valence-corrected chi connectivity index (χ4v) is 4.79. The van der Waals surface area contributed by atoms with Crippen LogP contribution in [0, 0.1) is 0 Å². The summed E-state index contributed by atoms with van der Waals surface area (Å²) in [7, 11) is -3.68. The van der Waals surface area contributed by atoms with E-state index in [1.165, 1.54) is 46.8 Å². The van der Waals surface area contributed by atoms with E-state index in [1.807, 2.05) is 0 Å². The minimum absolute atomic E-state index is 0.0339. The number of benzene rings is 2. The first-order valence-electron chi connectivity index (χ1n) is 8.73. The number of carboxylic acids is 1. The second-order valence-electron chi connectivity index (χ2n) is 6.44. The largest absolute Gasteiger partial charge is 0.478 e. The average molecular weight is 423 g/mol. The van der Waals surface area contributed by atoms with Gasteiger partial charge in [0.25, 0.3) is 5.91 Å². The molecule has 1 heterocycles. The molecule has 9 heteroatoms. The van der Waals surface area contributed by atoms with E-state index in [9.17, 15) is 23.1 Å². The smallest absolute Gasteiger partial charge is 0.337 e. The van der Waals surface area contributed by atoms with Gasteiger partial charge in [-0.15, -0.1) is 0 Å². The monoisotopic (exact) mass is 422 g/mol. The maximum absolute atomic E-state index is 12.8. The third-order valence-electron chi connectivity index (χ3n) is 4.51. The molecule has 1 fully saturated rings. The Morgan fingerprint density at radius 3 is 2.43 bits per heavy atom. The average Bonchev–Trinajstić information content (AvgIpc) is 2.68. The molecule has 0 saturated carbocycles. The quantitative estimate of drug-likeness (QED) is 0.767. The molecule has 0 unspecified atom stereocenters. The number of piperidine rings is 1. The van der Waals surface area contributed by atoms with Crippen LogP contribution in [0.2, 0.25) is 5.02 Å². The summed E-state index contributed by atoms with van der Waals surface area (Å²) in [5, 5.41) is 12.0. The molecule has 0 aromatic heterocycles. The Morgan fingerprint density at radius 1 is 1.04 bits per heavy atom. The number of carbonyl (C=O) groups is 2. The van der Waals surface area contributed by atoms with Crippen LogP contribution in [-0.4, -0.2) is 42.8 Å². The zero-order valence-electron chi connectivity index (χ0n) is 14.9. The van der Waals surface area contributed by atoms with Crippen molar-refractivity contribution in [2.24, 2.45) is 0 Å². The first-order chi connectivity index (χ1) is 13.3. The van der Waals surface area contributed by atoms with Crippen LogP contribution in [0.1, 0.15) is 40.0 Å². The predicted octanol–water partition coefficient (Wildman–Crippen LogP) is 3.47. The maximum Gasteiger partial charge on any atom is 0.337 e. The van der Waals surface area contributed by atoms with Crippen molar-refractivity contribution < 1.29 is 23.1 Å². The van der Waals surface area contributed by atoms with Crippen LogP contribution in [0.5, 0.6) is 0 Å². The second kappa shape index (κ2) is 8.30. The topological polar surface area (TPSA) is 104 Å². The zero-order valence-corrected chi connectivity index (χ0v) is 16.5. The molecule has 0 atom stereocenters. The van der Waals surface area contributed by atoms with Gasteiger partial charge >= 0.3 is 5.97 Å². The van der Waals surface area contributed by atoms with Gasteiger partial charge in [-0.05, 0) is 49.2 Å². The lowest BCUT2D eigenvalue weighted by Gasteiger charge is -2.26. The SMILES string of the molecule is O=C(Nc1cc(Cl)ccc1C(=O)O)c1cccc(S(=O)(=O)N2CCCCC2)c1. The summed E-state index contributed by atoms with van der Waals surface area (Å²) < 4.78 is 27.0. The predicted molar refractivity (Wildman–Crippen MR) is 105 cm³/mol. The van der Waals surface area contributed by atoms with Crippen LogP contribution in [0.4, 0.5) is 5.69 Å². The van der Waals surface area contributed by atoms with E-state index in [-0.39, 0.29) is 26.7 Å². The van der Waals surface area contributed by atoms with E-state index >= 15 is 0 Å². The highest BCUT2D eigenvalue weighted by Crippen LogP contribution is 2.24. The van der Waals surface area contributed by atoms with Crippen molar-refractivity contribution in [2.75, 3.05) is 18.4 Å². The normalized spacial score (nSPS) is 15.2. The molecule has 7 nitrogen and oxygen atoms in total. The van der Waals surface area contributed by atoms with E-state index in [0.717, 1.165) is 19.3 Å². The fourth-order valence-electron chi connectivity index (χ4n) is 3.05. The van der Waals surface area contributed by atoms with Gasteiger partial charge in [0.15, 0.2) is 0 Å². The van der Waals surface area contributed by atoms with Crippen LogP contribution in [0.15, 0.2) is 47.4 Å². The van der Waals surface area contributed by atoms with Gasteiger partial charge in [-0.3, -0.25) is 4.79 Å². The van der Waals surface area contributed by atoms with Crippen LogP contribution >= 0.6 is 11.6 Å². The standard InChI is InChI=1S/C19H19ClN2O5S/c20-14-7-8-16(19(24)25)17(12-14)21-18(23)13-5-4-6-15(11-13)28(26,27)22-9-2-1-3-10-22/h4-8,11-12H,1-3,9-10H2,(H,21,23)(H,24,25). The summed E-state index contributed by atoms with van der Waals surface area (Å²) >= 11 is 5.89. The number of hydrogen-bond acceptors (Lipinski definition) is 4. The molecule has 2 aromatic rings. The van der Waals surface area contributed by atoms with Crippen LogP contribution in [0.25, 0.3) is 0 Å². The van der Waals surface area contributed by atoms with Crippen molar-refractivity contribution in [2.45, 2.75) is 24.2 Å².